The van der Waals surface area contributed by atoms with Crippen LogP contribution < -0.4 is 5.32 Å². The molecule has 2 atom stereocenters. The number of carbonyl (C=O) groups excluding carboxylic acids is 1. The molecule has 6 heteroatoms. The Kier molecular flexibility index (Phi) is 4.12. The Morgan fingerprint density at radius 2 is 2.50 bits per heavy atom. The molecule has 1 aliphatic heterocycles. The Bertz CT molecular complexity index is 247. The minimum Gasteiger partial charge on any atom is -0.323 e. The van der Waals surface area contributed by atoms with E-state index in [-0.39, 0.29) is 4.08 Å². The van der Waals surface area contributed by atoms with Crippen molar-refractivity contribution in [3.63, 3.8) is 0 Å². The zero-order chi connectivity index (χ0) is 10.6. The smallest absolute Gasteiger partial charge is 0.323 e. The maximum Gasteiger partial charge on any atom is 0.433 e. The molecule has 0 bridgehead atoms. The van der Waals surface area contributed by atoms with Crippen LogP contribution in [0.4, 0.5) is 4.79 Å². The molecule has 1 fully saturated rings. The quantitative estimate of drug-likeness (QED) is 0.450. The molecule has 1 N–H and O–H groups in total. The van der Waals surface area contributed by atoms with Crippen molar-refractivity contribution in [1.29, 1.82) is 0 Å². The normalized spacial score (nSPS) is 32.1. The molecule has 0 aromatic rings. The number of nitrogens with one attached hydrogen (secondary N) is 1. The first-order valence-electron chi connectivity index (χ1n) is 4.31. The van der Waals surface area contributed by atoms with Crippen LogP contribution in [0.3, 0.4) is 0 Å². The number of thioether (sulfide) groups is 2. The largest absolute Gasteiger partial charge is 0.433 e. The number of hydrogen-bond acceptors (Lipinski definition) is 5. The third kappa shape index (κ3) is 3.42. The molecule has 1 heterocycles. The lowest BCUT2D eigenvalue weighted by molar-refractivity contribution is 0.153. The number of hydrogen-bond donors (Lipinski definition) is 1. The Hall–Kier alpha value is -0.360. The van der Waals surface area contributed by atoms with Crippen molar-refractivity contribution in [2.75, 3.05) is 12.8 Å². The third-order valence-corrected chi connectivity index (χ3v) is 5.01. The second-order valence-electron chi connectivity index (χ2n) is 3.12. The van der Waals surface area contributed by atoms with Crippen molar-refractivity contribution in [2.24, 2.45) is 5.16 Å². The summed E-state index contributed by atoms with van der Waals surface area (Å²) in [5.41, 5.74) is 0. The highest BCUT2D eigenvalue weighted by molar-refractivity contribution is 8.22. The second kappa shape index (κ2) is 4.93. The van der Waals surface area contributed by atoms with Crippen molar-refractivity contribution in [3.05, 3.63) is 0 Å². The van der Waals surface area contributed by atoms with Gasteiger partial charge in [0.15, 0.2) is 0 Å². The van der Waals surface area contributed by atoms with Crippen LogP contribution in [0.2, 0.25) is 0 Å². The fraction of sp³-hybridized carbons (Fsp3) is 0.750. The predicted molar refractivity (Wildman–Crippen MR) is 61.9 cm³/mol. The Morgan fingerprint density at radius 1 is 1.79 bits per heavy atom. The van der Waals surface area contributed by atoms with Crippen LogP contribution in [0.15, 0.2) is 5.16 Å². The number of oxime groups is 1. The molecule has 0 aliphatic carbocycles. The van der Waals surface area contributed by atoms with E-state index < -0.39 is 6.09 Å². The van der Waals surface area contributed by atoms with E-state index in [4.69, 9.17) is 0 Å². The molecule has 1 rings (SSSR count). The summed E-state index contributed by atoms with van der Waals surface area (Å²) in [5, 5.41) is 6.60. The van der Waals surface area contributed by atoms with Crippen LogP contribution in [0.25, 0.3) is 0 Å². The molecule has 1 amide bonds. The Balaban J connectivity index is 2.39. The highest BCUT2D eigenvalue weighted by atomic mass is 32.2. The minimum atomic E-state index is -0.536. The lowest BCUT2D eigenvalue weighted by Gasteiger charge is -2.14. The third-order valence-electron chi connectivity index (χ3n) is 1.67. The number of rotatable bonds is 2. The lowest BCUT2D eigenvalue weighted by Crippen LogP contribution is -2.19. The van der Waals surface area contributed by atoms with E-state index in [0.29, 0.717) is 5.25 Å². The van der Waals surface area contributed by atoms with Gasteiger partial charge in [0.05, 0.1) is 10.3 Å². The average molecular weight is 234 g/mol. The second-order valence-corrected chi connectivity index (χ2v) is 6.74. The van der Waals surface area contributed by atoms with E-state index in [2.05, 4.69) is 29.2 Å². The number of amides is 1. The molecule has 0 unspecified atom stereocenters. The van der Waals surface area contributed by atoms with Crippen LogP contribution in [-0.4, -0.2) is 34.4 Å². The fourth-order valence-electron chi connectivity index (χ4n) is 1.03. The van der Waals surface area contributed by atoms with E-state index in [0.717, 1.165) is 5.75 Å². The zero-order valence-corrected chi connectivity index (χ0v) is 10.1. The first kappa shape index (κ1) is 11.7. The van der Waals surface area contributed by atoms with E-state index in [9.17, 15) is 4.79 Å². The van der Waals surface area contributed by atoms with Crippen LogP contribution >= 0.6 is 23.5 Å². The maximum absolute atomic E-state index is 10.7. The van der Waals surface area contributed by atoms with Gasteiger partial charge in [-0.2, -0.15) is 0 Å². The van der Waals surface area contributed by atoms with Crippen molar-refractivity contribution in [3.8, 4) is 0 Å². The molecule has 1 saturated heterocycles. The highest BCUT2D eigenvalue weighted by Crippen LogP contribution is 2.46. The van der Waals surface area contributed by atoms with Crippen LogP contribution in [0, 0.1) is 0 Å². The molecule has 0 radical (unpaired) electrons. The van der Waals surface area contributed by atoms with Gasteiger partial charge in [0.2, 0.25) is 0 Å². The topological polar surface area (TPSA) is 50.7 Å². The average Bonchev–Trinajstić information content (AvgIpc) is 2.46. The van der Waals surface area contributed by atoms with Gasteiger partial charge in [-0.25, -0.2) is 4.79 Å². The van der Waals surface area contributed by atoms with Crippen LogP contribution in [-0.2, 0) is 4.84 Å². The van der Waals surface area contributed by atoms with Crippen molar-refractivity contribution >= 4 is 35.8 Å². The molecular formula is C8H14N2O2S2. The highest BCUT2D eigenvalue weighted by Gasteiger charge is 2.33. The first-order chi connectivity index (χ1) is 6.56. The lowest BCUT2D eigenvalue weighted by atomic mass is 10.5. The van der Waals surface area contributed by atoms with Gasteiger partial charge in [0, 0.05) is 18.1 Å². The summed E-state index contributed by atoms with van der Waals surface area (Å²) in [6, 6.07) is 0. The Labute approximate surface area is 92.2 Å². The molecule has 4 nitrogen and oxygen atoms in total. The van der Waals surface area contributed by atoms with Crippen molar-refractivity contribution < 1.29 is 9.63 Å². The molecule has 0 aromatic carbocycles. The van der Waals surface area contributed by atoms with Gasteiger partial charge in [-0.3, -0.25) is 4.84 Å². The van der Waals surface area contributed by atoms with Gasteiger partial charge in [-0.1, -0.05) is 12.1 Å². The summed E-state index contributed by atoms with van der Waals surface area (Å²) in [4.78, 5) is 15.2. The van der Waals surface area contributed by atoms with Gasteiger partial charge in [-0.05, 0) is 6.92 Å². The predicted octanol–water partition coefficient (Wildman–Crippen LogP) is 1.91. The van der Waals surface area contributed by atoms with Gasteiger partial charge in [-0.15, -0.1) is 23.5 Å². The number of nitrogens with zero attached hydrogens (tertiary/aromatic N) is 1. The minimum absolute atomic E-state index is 0.0621. The van der Waals surface area contributed by atoms with Crippen molar-refractivity contribution in [1.82, 2.24) is 5.32 Å². The molecule has 80 valence electrons. The fourth-order valence-corrected chi connectivity index (χ4v) is 4.07. The molecule has 0 aromatic heterocycles. The molecule has 0 saturated carbocycles. The molecular weight excluding hydrogens is 220 g/mol. The van der Waals surface area contributed by atoms with E-state index in [1.165, 1.54) is 7.05 Å². The molecule has 14 heavy (non-hydrogen) atoms. The summed E-state index contributed by atoms with van der Waals surface area (Å²) >= 11 is 3.64. The monoisotopic (exact) mass is 234 g/mol. The van der Waals surface area contributed by atoms with Gasteiger partial charge in [0.25, 0.3) is 0 Å². The van der Waals surface area contributed by atoms with Crippen LogP contribution in [0.5, 0.6) is 0 Å². The Morgan fingerprint density at radius 3 is 3.00 bits per heavy atom. The summed E-state index contributed by atoms with van der Waals surface area (Å²) in [5.74, 6) is 1.10. The zero-order valence-electron chi connectivity index (χ0n) is 8.44. The SMILES string of the molecule is CNC(=O)O/N=C\[C@]1(C)SC[C@H](C)S1. The van der Waals surface area contributed by atoms with E-state index >= 15 is 0 Å². The van der Waals surface area contributed by atoms with Gasteiger partial charge in [0.1, 0.15) is 0 Å². The number of carbonyl (C=O) groups is 1. The summed E-state index contributed by atoms with van der Waals surface area (Å²) in [7, 11) is 1.50. The van der Waals surface area contributed by atoms with Crippen LogP contribution in [0.1, 0.15) is 13.8 Å². The molecule has 0 spiro atoms. The maximum atomic E-state index is 10.7. The summed E-state index contributed by atoms with van der Waals surface area (Å²) in [6.07, 6.45) is 1.15. The summed E-state index contributed by atoms with van der Waals surface area (Å²) in [6.45, 7) is 4.25. The van der Waals surface area contributed by atoms with Gasteiger partial charge < -0.3 is 5.32 Å². The standard InChI is InChI=1S/C8H14N2O2S2/c1-6-4-13-8(2,14-6)5-10-12-7(11)9-3/h5-6H,4H2,1-3H3,(H,9,11)/b10-5-/t6-,8+/m0/s1. The summed E-state index contributed by atoms with van der Waals surface area (Å²) < 4.78 is -0.0621. The van der Waals surface area contributed by atoms with E-state index in [1.54, 1.807) is 6.21 Å². The first-order valence-corrected chi connectivity index (χ1v) is 6.17. The van der Waals surface area contributed by atoms with Crippen molar-refractivity contribution in [2.45, 2.75) is 23.2 Å². The van der Waals surface area contributed by atoms with Gasteiger partial charge >= 0.3 is 6.09 Å². The van der Waals surface area contributed by atoms with E-state index in [1.807, 2.05) is 23.5 Å². The molecule has 1 aliphatic rings.